The van der Waals surface area contributed by atoms with Crippen molar-refractivity contribution < 1.29 is 4.74 Å². The van der Waals surface area contributed by atoms with Gasteiger partial charge in [0.1, 0.15) is 5.75 Å². The average molecular weight is 831 g/mol. The molecule has 0 saturated carbocycles. The van der Waals surface area contributed by atoms with Gasteiger partial charge in [0.05, 0.1) is 17.1 Å². The van der Waals surface area contributed by atoms with Crippen LogP contribution in [0.1, 0.15) is 0 Å². The number of anilines is 6. The van der Waals surface area contributed by atoms with E-state index in [9.17, 15) is 0 Å². The molecule has 306 valence electrons. The summed E-state index contributed by atoms with van der Waals surface area (Å²) in [5, 5.41) is 4.53. The molecule has 1 aliphatic heterocycles. The molecule has 65 heavy (non-hydrogen) atoms. The van der Waals surface area contributed by atoms with E-state index in [0.29, 0.717) is 0 Å². The Bertz CT molecular complexity index is 3390. The third-order valence-electron chi connectivity index (χ3n) is 12.6. The van der Waals surface area contributed by atoms with E-state index < -0.39 is 0 Å². The predicted octanol–water partition coefficient (Wildman–Crippen LogP) is 17.7. The van der Waals surface area contributed by atoms with Crippen molar-refractivity contribution in [2.24, 2.45) is 0 Å². The summed E-state index contributed by atoms with van der Waals surface area (Å²) in [4.78, 5) is 4.74. The Balaban J connectivity index is 1.04. The van der Waals surface area contributed by atoms with Crippen molar-refractivity contribution in [1.29, 1.82) is 0 Å². The minimum Gasteiger partial charge on any atom is -0.454 e. The molecule has 0 spiro atoms. The van der Waals surface area contributed by atoms with Crippen LogP contribution in [0.5, 0.6) is 11.5 Å². The first-order chi connectivity index (χ1) is 32.2. The minimum absolute atomic E-state index is 0.805. The van der Waals surface area contributed by atoms with E-state index in [0.717, 1.165) is 72.9 Å². The van der Waals surface area contributed by atoms with Gasteiger partial charge >= 0.3 is 0 Å². The SMILES string of the molecule is c1ccc(-c2ccc(N(c3ccc(-c4ccccc4)cc3)c3cccc4c3-c3cccc5ccc(N(c6ccc(-c7ccccc7)cc6)c6cccc7ccccc67)c(c35)O4)cc2)cc1. The van der Waals surface area contributed by atoms with Gasteiger partial charge in [0.15, 0.2) is 5.75 Å². The van der Waals surface area contributed by atoms with E-state index >= 15 is 0 Å². The van der Waals surface area contributed by atoms with Crippen molar-refractivity contribution in [3.8, 4) is 56.0 Å². The number of rotatable bonds is 9. The first-order valence-electron chi connectivity index (χ1n) is 22.2. The Hall–Kier alpha value is -8.66. The fraction of sp³-hybridized carbons (Fsp3) is 0. The van der Waals surface area contributed by atoms with E-state index in [-0.39, 0.29) is 0 Å². The molecular weight excluding hydrogens is 789 g/mol. The largest absolute Gasteiger partial charge is 0.454 e. The van der Waals surface area contributed by atoms with E-state index in [1.54, 1.807) is 0 Å². The summed E-state index contributed by atoms with van der Waals surface area (Å²) in [5.41, 5.74) is 15.5. The number of fused-ring (bicyclic) bond motifs is 3. The van der Waals surface area contributed by atoms with Gasteiger partial charge in [-0.15, -0.1) is 0 Å². The molecule has 1 aliphatic rings. The van der Waals surface area contributed by atoms with Crippen LogP contribution in [0.15, 0.2) is 255 Å². The van der Waals surface area contributed by atoms with Crippen molar-refractivity contribution >= 4 is 55.7 Å². The highest BCUT2D eigenvalue weighted by Gasteiger charge is 2.30. The first-order valence-corrected chi connectivity index (χ1v) is 22.2. The maximum Gasteiger partial charge on any atom is 0.159 e. The number of ether oxygens (including phenoxy) is 1. The molecule has 1 heterocycles. The summed E-state index contributed by atoms with van der Waals surface area (Å²) < 4.78 is 7.36. The van der Waals surface area contributed by atoms with Crippen molar-refractivity contribution in [2.45, 2.75) is 0 Å². The lowest BCUT2D eigenvalue weighted by Crippen LogP contribution is -2.14. The highest BCUT2D eigenvalue weighted by molar-refractivity contribution is 6.12. The Morgan fingerprint density at radius 3 is 1.31 bits per heavy atom. The smallest absolute Gasteiger partial charge is 0.159 e. The second-order valence-electron chi connectivity index (χ2n) is 16.5. The molecule has 0 aromatic heterocycles. The Labute approximate surface area is 379 Å². The second-order valence-corrected chi connectivity index (χ2v) is 16.5. The quantitative estimate of drug-likeness (QED) is 0.144. The van der Waals surface area contributed by atoms with Crippen LogP contribution >= 0.6 is 0 Å². The molecule has 0 saturated heterocycles. The van der Waals surface area contributed by atoms with Crippen LogP contribution in [-0.4, -0.2) is 0 Å². The molecule has 11 aromatic carbocycles. The third kappa shape index (κ3) is 6.87. The van der Waals surface area contributed by atoms with Crippen LogP contribution in [0.3, 0.4) is 0 Å². The number of benzene rings is 11. The van der Waals surface area contributed by atoms with Crippen molar-refractivity contribution in [3.05, 3.63) is 255 Å². The minimum atomic E-state index is 0.805. The van der Waals surface area contributed by atoms with Gasteiger partial charge in [-0.1, -0.05) is 194 Å². The molecule has 0 fully saturated rings. The maximum atomic E-state index is 7.36. The standard InChI is InChI=1S/C62H42N2O/c1-4-15-43(16-5-1)46-29-36-51(37-30-46)63(52-38-31-47(32-39-52)44-17-6-2-7-18-44)57-27-14-28-59-61(57)55-25-12-23-50-35-42-58(62(65-59)60(50)55)64(56-26-13-22-49-21-10-11-24-54(49)56)53-40-33-48(34-41-53)45-19-8-3-9-20-45/h1-42H. The van der Waals surface area contributed by atoms with E-state index in [4.69, 9.17) is 4.74 Å². The Morgan fingerprint density at radius 1 is 0.277 bits per heavy atom. The van der Waals surface area contributed by atoms with Gasteiger partial charge in [0.2, 0.25) is 0 Å². The molecule has 0 amide bonds. The maximum absolute atomic E-state index is 7.36. The summed E-state index contributed by atoms with van der Waals surface area (Å²) in [6.07, 6.45) is 0. The van der Waals surface area contributed by atoms with Gasteiger partial charge < -0.3 is 14.5 Å². The van der Waals surface area contributed by atoms with Crippen LogP contribution in [0.4, 0.5) is 34.1 Å². The van der Waals surface area contributed by atoms with Crippen LogP contribution in [0.2, 0.25) is 0 Å². The highest BCUT2D eigenvalue weighted by atomic mass is 16.5. The van der Waals surface area contributed by atoms with Crippen LogP contribution in [0, 0.1) is 0 Å². The van der Waals surface area contributed by atoms with Gasteiger partial charge in [0.25, 0.3) is 0 Å². The van der Waals surface area contributed by atoms with Crippen LogP contribution < -0.4 is 14.5 Å². The zero-order valence-corrected chi connectivity index (χ0v) is 35.6. The zero-order valence-electron chi connectivity index (χ0n) is 35.6. The topological polar surface area (TPSA) is 15.7 Å². The fourth-order valence-corrected chi connectivity index (χ4v) is 9.53. The second kappa shape index (κ2) is 16.2. The Morgan fingerprint density at radius 2 is 0.723 bits per heavy atom. The predicted molar refractivity (Wildman–Crippen MR) is 273 cm³/mol. The summed E-state index contributed by atoms with van der Waals surface area (Å²) in [6.45, 7) is 0. The Kier molecular flexibility index (Phi) is 9.50. The van der Waals surface area contributed by atoms with E-state index in [1.807, 2.05) is 0 Å². The molecule has 0 atom stereocenters. The molecule has 3 nitrogen and oxygen atoms in total. The fourth-order valence-electron chi connectivity index (χ4n) is 9.53. The third-order valence-corrected chi connectivity index (χ3v) is 12.6. The average Bonchev–Trinajstić information content (AvgIpc) is 3.38. The zero-order chi connectivity index (χ0) is 43.1. The van der Waals surface area contributed by atoms with Crippen molar-refractivity contribution in [1.82, 2.24) is 0 Å². The first kappa shape index (κ1) is 38.0. The molecule has 11 aromatic rings. The van der Waals surface area contributed by atoms with Crippen molar-refractivity contribution in [3.63, 3.8) is 0 Å². The lowest BCUT2D eigenvalue weighted by molar-refractivity contribution is 0.488. The van der Waals surface area contributed by atoms with Gasteiger partial charge in [-0.2, -0.15) is 0 Å². The van der Waals surface area contributed by atoms with E-state index in [2.05, 4.69) is 265 Å². The van der Waals surface area contributed by atoms with Gasteiger partial charge in [-0.3, -0.25) is 0 Å². The van der Waals surface area contributed by atoms with Gasteiger partial charge in [-0.25, -0.2) is 0 Å². The van der Waals surface area contributed by atoms with Crippen LogP contribution in [-0.2, 0) is 0 Å². The molecule has 0 N–H and O–H groups in total. The summed E-state index contributed by atoms with van der Waals surface area (Å²) in [5.74, 6) is 1.63. The molecule has 0 unspecified atom stereocenters. The number of hydrogen-bond donors (Lipinski definition) is 0. The summed E-state index contributed by atoms with van der Waals surface area (Å²) in [6, 6.07) is 91.1. The molecule has 0 bridgehead atoms. The summed E-state index contributed by atoms with van der Waals surface area (Å²) in [7, 11) is 0. The highest BCUT2D eigenvalue weighted by Crippen LogP contribution is 2.57. The lowest BCUT2D eigenvalue weighted by atomic mass is 9.91. The molecule has 0 aliphatic carbocycles. The normalized spacial score (nSPS) is 11.5. The number of hydrogen-bond acceptors (Lipinski definition) is 3. The van der Waals surface area contributed by atoms with Gasteiger partial charge in [-0.05, 0) is 110 Å². The van der Waals surface area contributed by atoms with Crippen molar-refractivity contribution in [2.75, 3.05) is 9.80 Å². The van der Waals surface area contributed by atoms with E-state index in [1.165, 1.54) is 38.8 Å². The molecule has 12 rings (SSSR count). The van der Waals surface area contributed by atoms with Crippen LogP contribution in [0.25, 0.3) is 66.1 Å². The molecular formula is C62H42N2O. The van der Waals surface area contributed by atoms with Gasteiger partial charge in [0, 0.05) is 33.4 Å². The molecule has 0 radical (unpaired) electrons. The monoisotopic (exact) mass is 830 g/mol. The molecule has 3 heteroatoms. The lowest BCUT2D eigenvalue weighted by Gasteiger charge is -2.34. The number of nitrogens with zero attached hydrogens (tertiary/aromatic N) is 2. The summed E-state index contributed by atoms with van der Waals surface area (Å²) >= 11 is 0.